The van der Waals surface area contributed by atoms with Gasteiger partial charge in [-0.15, -0.1) is 0 Å². The summed E-state index contributed by atoms with van der Waals surface area (Å²) in [5, 5.41) is 0. The Morgan fingerprint density at radius 3 is 3.05 bits per heavy atom. The van der Waals surface area contributed by atoms with Gasteiger partial charge in [-0.25, -0.2) is 0 Å². The molecule has 4 heteroatoms. The third-order valence-electron chi connectivity index (χ3n) is 3.67. The summed E-state index contributed by atoms with van der Waals surface area (Å²) >= 11 is 0. The first-order valence-corrected chi connectivity index (χ1v) is 7.25. The lowest BCUT2D eigenvalue weighted by molar-refractivity contribution is -0.150. The van der Waals surface area contributed by atoms with E-state index in [1.54, 1.807) is 7.11 Å². The van der Waals surface area contributed by atoms with Crippen LogP contribution < -0.4 is 4.74 Å². The fraction of sp³-hybridized carbons (Fsp3) is 0.562. The minimum atomic E-state index is -0.0529. The van der Waals surface area contributed by atoms with E-state index >= 15 is 0 Å². The van der Waals surface area contributed by atoms with E-state index in [1.165, 1.54) is 5.56 Å². The molecule has 0 bridgehead atoms. The van der Waals surface area contributed by atoms with Gasteiger partial charge in [-0.1, -0.05) is 12.1 Å². The molecule has 1 heterocycles. The molecule has 1 aromatic carbocycles. The summed E-state index contributed by atoms with van der Waals surface area (Å²) in [5.74, 6) is 0.846. The number of piperidine rings is 1. The molecule has 1 aliphatic heterocycles. The standard InChI is InChI=1S/C16H23NO3/c1-3-20-16(18)14-7-5-9-17(12-14)11-13-6-4-8-15(10-13)19-2/h4,6,8,10,14H,3,5,7,9,11-12H2,1-2H3/t14-/m0/s1. The van der Waals surface area contributed by atoms with Crippen LogP contribution in [0, 0.1) is 5.92 Å². The Morgan fingerprint density at radius 1 is 1.45 bits per heavy atom. The minimum absolute atomic E-state index is 0.0225. The van der Waals surface area contributed by atoms with Gasteiger partial charge in [-0.3, -0.25) is 9.69 Å². The third kappa shape index (κ3) is 3.97. The molecule has 2 rings (SSSR count). The Labute approximate surface area is 120 Å². The van der Waals surface area contributed by atoms with Crippen LogP contribution in [-0.2, 0) is 16.1 Å². The van der Waals surface area contributed by atoms with E-state index in [0.29, 0.717) is 6.61 Å². The van der Waals surface area contributed by atoms with Crippen LogP contribution in [0.25, 0.3) is 0 Å². The van der Waals surface area contributed by atoms with Gasteiger partial charge in [0, 0.05) is 13.1 Å². The maximum absolute atomic E-state index is 11.8. The van der Waals surface area contributed by atoms with Crippen molar-refractivity contribution in [3.05, 3.63) is 29.8 Å². The van der Waals surface area contributed by atoms with Crippen LogP contribution in [0.1, 0.15) is 25.3 Å². The average Bonchev–Trinajstić information content (AvgIpc) is 2.48. The molecule has 110 valence electrons. The van der Waals surface area contributed by atoms with E-state index in [1.807, 2.05) is 25.1 Å². The number of nitrogens with zero attached hydrogens (tertiary/aromatic N) is 1. The maximum atomic E-state index is 11.8. The number of hydrogen-bond acceptors (Lipinski definition) is 4. The Morgan fingerprint density at radius 2 is 2.30 bits per heavy atom. The molecule has 0 aliphatic carbocycles. The maximum Gasteiger partial charge on any atom is 0.310 e. The third-order valence-corrected chi connectivity index (χ3v) is 3.67. The van der Waals surface area contributed by atoms with Crippen molar-refractivity contribution in [3.8, 4) is 5.75 Å². The molecule has 0 radical (unpaired) electrons. The second-order valence-electron chi connectivity index (χ2n) is 5.18. The molecular weight excluding hydrogens is 254 g/mol. The van der Waals surface area contributed by atoms with E-state index in [-0.39, 0.29) is 11.9 Å². The zero-order valence-electron chi connectivity index (χ0n) is 12.3. The predicted octanol–water partition coefficient (Wildman–Crippen LogP) is 2.47. The Kier molecular flexibility index (Phi) is 5.41. The smallest absolute Gasteiger partial charge is 0.310 e. The number of hydrogen-bond donors (Lipinski definition) is 0. The lowest BCUT2D eigenvalue weighted by Crippen LogP contribution is -2.38. The predicted molar refractivity (Wildman–Crippen MR) is 77.6 cm³/mol. The van der Waals surface area contributed by atoms with Gasteiger partial charge < -0.3 is 9.47 Å². The molecular formula is C16H23NO3. The van der Waals surface area contributed by atoms with Crippen molar-refractivity contribution in [2.24, 2.45) is 5.92 Å². The number of methoxy groups -OCH3 is 1. The molecule has 0 N–H and O–H groups in total. The van der Waals surface area contributed by atoms with Crippen molar-refractivity contribution in [2.75, 3.05) is 26.8 Å². The summed E-state index contributed by atoms with van der Waals surface area (Å²) in [6.07, 6.45) is 1.99. The fourth-order valence-corrected chi connectivity index (χ4v) is 2.68. The summed E-state index contributed by atoms with van der Waals surface area (Å²) in [7, 11) is 1.68. The van der Waals surface area contributed by atoms with Crippen LogP contribution in [0.3, 0.4) is 0 Å². The number of likely N-dealkylation sites (tertiary alicyclic amines) is 1. The molecule has 1 aliphatic rings. The first-order valence-electron chi connectivity index (χ1n) is 7.25. The summed E-state index contributed by atoms with van der Waals surface area (Å²) in [6.45, 7) is 5.00. The van der Waals surface area contributed by atoms with Gasteiger partial charge in [-0.05, 0) is 44.0 Å². The first kappa shape index (κ1) is 14.9. The summed E-state index contributed by atoms with van der Waals surface area (Å²) in [6, 6.07) is 8.09. The van der Waals surface area contributed by atoms with E-state index in [2.05, 4.69) is 11.0 Å². The van der Waals surface area contributed by atoms with Crippen LogP contribution in [0.4, 0.5) is 0 Å². The zero-order valence-corrected chi connectivity index (χ0v) is 12.3. The number of carbonyl (C=O) groups excluding carboxylic acids is 1. The van der Waals surface area contributed by atoms with Gasteiger partial charge in [0.15, 0.2) is 0 Å². The van der Waals surface area contributed by atoms with Crippen molar-refractivity contribution in [3.63, 3.8) is 0 Å². The van der Waals surface area contributed by atoms with Gasteiger partial charge in [0.1, 0.15) is 5.75 Å². The molecule has 1 saturated heterocycles. The lowest BCUT2D eigenvalue weighted by Gasteiger charge is -2.31. The number of rotatable bonds is 5. The summed E-state index contributed by atoms with van der Waals surface area (Å²) in [4.78, 5) is 14.1. The monoisotopic (exact) mass is 277 g/mol. The molecule has 1 fully saturated rings. The topological polar surface area (TPSA) is 38.8 Å². The highest BCUT2D eigenvalue weighted by molar-refractivity contribution is 5.72. The van der Waals surface area contributed by atoms with Gasteiger partial charge in [-0.2, -0.15) is 0 Å². The Balaban J connectivity index is 1.93. The highest BCUT2D eigenvalue weighted by Crippen LogP contribution is 2.21. The van der Waals surface area contributed by atoms with Crippen molar-refractivity contribution in [1.82, 2.24) is 4.90 Å². The molecule has 0 saturated carbocycles. The largest absolute Gasteiger partial charge is 0.497 e. The Hall–Kier alpha value is -1.55. The van der Waals surface area contributed by atoms with Crippen LogP contribution in [-0.4, -0.2) is 37.7 Å². The molecule has 0 amide bonds. The van der Waals surface area contributed by atoms with Crippen molar-refractivity contribution < 1.29 is 14.3 Å². The number of esters is 1. The highest BCUT2D eigenvalue weighted by atomic mass is 16.5. The molecule has 0 spiro atoms. The normalized spacial score (nSPS) is 19.6. The second kappa shape index (κ2) is 7.29. The summed E-state index contributed by atoms with van der Waals surface area (Å²) in [5.41, 5.74) is 1.22. The molecule has 4 nitrogen and oxygen atoms in total. The Bertz CT molecular complexity index is 447. The molecule has 1 atom stereocenters. The van der Waals surface area contributed by atoms with Crippen LogP contribution in [0.15, 0.2) is 24.3 Å². The minimum Gasteiger partial charge on any atom is -0.497 e. The zero-order chi connectivity index (χ0) is 14.4. The first-order chi connectivity index (χ1) is 9.72. The van der Waals surface area contributed by atoms with Crippen molar-refractivity contribution in [2.45, 2.75) is 26.3 Å². The van der Waals surface area contributed by atoms with E-state index in [4.69, 9.17) is 9.47 Å². The van der Waals surface area contributed by atoms with Gasteiger partial charge >= 0.3 is 5.97 Å². The number of benzene rings is 1. The van der Waals surface area contributed by atoms with Crippen LogP contribution >= 0.6 is 0 Å². The molecule has 20 heavy (non-hydrogen) atoms. The van der Waals surface area contributed by atoms with Gasteiger partial charge in [0.2, 0.25) is 0 Å². The van der Waals surface area contributed by atoms with E-state index < -0.39 is 0 Å². The van der Waals surface area contributed by atoms with Gasteiger partial charge in [0.05, 0.1) is 19.6 Å². The molecule has 0 unspecified atom stereocenters. The summed E-state index contributed by atoms with van der Waals surface area (Å²) < 4.78 is 10.4. The number of ether oxygens (including phenoxy) is 2. The van der Waals surface area contributed by atoms with Crippen LogP contribution in [0.5, 0.6) is 5.75 Å². The second-order valence-corrected chi connectivity index (χ2v) is 5.18. The van der Waals surface area contributed by atoms with Crippen molar-refractivity contribution >= 4 is 5.97 Å². The average molecular weight is 277 g/mol. The van der Waals surface area contributed by atoms with E-state index in [9.17, 15) is 4.79 Å². The quantitative estimate of drug-likeness (QED) is 0.775. The molecule has 1 aromatic rings. The van der Waals surface area contributed by atoms with Crippen molar-refractivity contribution in [1.29, 1.82) is 0 Å². The number of carbonyl (C=O) groups is 1. The SMILES string of the molecule is CCOC(=O)[C@H]1CCCN(Cc2cccc(OC)c2)C1. The highest BCUT2D eigenvalue weighted by Gasteiger charge is 2.26. The van der Waals surface area contributed by atoms with Gasteiger partial charge in [0.25, 0.3) is 0 Å². The van der Waals surface area contributed by atoms with Crippen LogP contribution in [0.2, 0.25) is 0 Å². The lowest BCUT2D eigenvalue weighted by atomic mass is 9.97. The molecule has 0 aromatic heterocycles. The van der Waals surface area contributed by atoms with E-state index in [0.717, 1.165) is 38.2 Å². The fourth-order valence-electron chi connectivity index (χ4n) is 2.68.